The van der Waals surface area contributed by atoms with Crippen molar-refractivity contribution in [3.05, 3.63) is 89.1 Å². The number of nitrogens with one attached hydrogen (secondary N) is 1. The maximum atomic E-state index is 11.3. The zero-order valence-corrected chi connectivity index (χ0v) is 13.2. The monoisotopic (exact) mass is 330 g/mol. The van der Waals surface area contributed by atoms with Crippen molar-refractivity contribution in [2.45, 2.75) is 0 Å². The Labute approximate surface area is 143 Å². The average molecular weight is 330 g/mol. The summed E-state index contributed by atoms with van der Waals surface area (Å²) < 4.78 is 5.84. The van der Waals surface area contributed by atoms with Crippen LogP contribution in [0.25, 0.3) is 22.0 Å². The van der Waals surface area contributed by atoms with Gasteiger partial charge in [0, 0.05) is 34.8 Å². The van der Waals surface area contributed by atoms with Crippen LogP contribution in [0.2, 0.25) is 0 Å². The minimum absolute atomic E-state index is 0.0908. The molecule has 0 saturated carbocycles. The van der Waals surface area contributed by atoms with E-state index >= 15 is 0 Å². The molecular formula is C20H14N2O3. The second kappa shape index (κ2) is 6.13. The van der Waals surface area contributed by atoms with Crippen LogP contribution in [0.5, 0.6) is 11.5 Å². The number of benzene rings is 3. The van der Waals surface area contributed by atoms with E-state index in [0.29, 0.717) is 11.3 Å². The Hall–Kier alpha value is -3.60. The van der Waals surface area contributed by atoms with Gasteiger partial charge >= 0.3 is 0 Å². The van der Waals surface area contributed by atoms with Gasteiger partial charge < -0.3 is 9.72 Å². The smallest absolute Gasteiger partial charge is 0.277 e. The molecule has 0 radical (unpaired) electrons. The normalized spacial score (nSPS) is 10.7. The summed E-state index contributed by atoms with van der Waals surface area (Å²) >= 11 is 0. The second-order valence-electron chi connectivity index (χ2n) is 5.60. The van der Waals surface area contributed by atoms with Crippen LogP contribution >= 0.6 is 0 Å². The number of para-hydroxylation sites is 2. The van der Waals surface area contributed by atoms with Crippen molar-refractivity contribution in [1.29, 1.82) is 0 Å². The van der Waals surface area contributed by atoms with Crippen molar-refractivity contribution < 1.29 is 9.66 Å². The Morgan fingerprint density at radius 3 is 2.40 bits per heavy atom. The van der Waals surface area contributed by atoms with Crippen LogP contribution in [-0.4, -0.2) is 9.91 Å². The van der Waals surface area contributed by atoms with E-state index < -0.39 is 0 Å². The molecule has 3 aromatic carbocycles. The summed E-state index contributed by atoms with van der Waals surface area (Å²) in [6.45, 7) is 0. The highest BCUT2D eigenvalue weighted by Gasteiger charge is 2.17. The molecule has 122 valence electrons. The summed E-state index contributed by atoms with van der Waals surface area (Å²) in [4.78, 5) is 14.1. The highest BCUT2D eigenvalue weighted by atomic mass is 16.6. The molecule has 1 N–H and O–H groups in total. The highest BCUT2D eigenvalue weighted by Crippen LogP contribution is 2.36. The number of H-pyrrole nitrogens is 1. The molecule has 1 aromatic heterocycles. The lowest BCUT2D eigenvalue weighted by Crippen LogP contribution is -1.90. The Morgan fingerprint density at radius 1 is 0.840 bits per heavy atom. The lowest BCUT2D eigenvalue weighted by molar-refractivity contribution is -0.384. The first-order chi connectivity index (χ1) is 12.2. The van der Waals surface area contributed by atoms with E-state index in [2.05, 4.69) is 4.98 Å². The molecule has 0 fully saturated rings. The Morgan fingerprint density at radius 2 is 1.60 bits per heavy atom. The van der Waals surface area contributed by atoms with Gasteiger partial charge in [0.25, 0.3) is 5.69 Å². The van der Waals surface area contributed by atoms with Crippen LogP contribution in [0, 0.1) is 10.1 Å². The lowest BCUT2D eigenvalue weighted by atomic mass is 10.0. The zero-order valence-electron chi connectivity index (χ0n) is 13.2. The molecule has 0 atom stereocenters. The van der Waals surface area contributed by atoms with E-state index in [9.17, 15) is 10.1 Å². The van der Waals surface area contributed by atoms with Gasteiger partial charge in [0.05, 0.1) is 10.5 Å². The van der Waals surface area contributed by atoms with Gasteiger partial charge in [-0.25, -0.2) is 0 Å². The van der Waals surface area contributed by atoms with Crippen molar-refractivity contribution in [3.63, 3.8) is 0 Å². The second-order valence-corrected chi connectivity index (χ2v) is 5.60. The predicted octanol–water partition coefficient (Wildman–Crippen LogP) is 5.54. The molecule has 25 heavy (non-hydrogen) atoms. The SMILES string of the molecule is O=[N+]([O-])c1ccccc1-c1c[nH]c2cc(Oc3ccccc3)ccc12. The van der Waals surface area contributed by atoms with Crippen LogP contribution < -0.4 is 4.74 Å². The quantitative estimate of drug-likeness (QED) is 0.395. The van der Waals surface area contributed by atoms with E-state index in [1.807, 2.05) is 48.5 Å². The van der Waals surface area contributed by atoms with Crippen molar-refractivity contribution >= 4 is 16.6 Å². The maximum absolute atomic E-state index is 11.3. The summed E-state index contributed by atoms with van der Waals surface area (Å²) in [5.74, 6) is 1.46. The first-order valence-electron chi connectivity index (χ1n) is 7.80. The number of nitro groups is 1. The number of aromatic amines is 1. The first-order valence-corrected chi connectivity index (χ1v) is 7.80. The van der Waals surface area contributed by atoms with Gasteiger partial charge in [-0.15, -0.1) is 0 Å². The fourth-order valence-electron chi connectivity index (χ4n) is 2.88. The summed E-state index contributed by atoms with van der Waals surface area (Å²) in [5.41, 5.74) is 2.35. The number of hydrogen-bond acceptors (Lipinski definition) is 3. The van der Waals surface area contributed by atoms with Crippen molar-refractivity contribution in [2.24, 2.45) is 0 Å². The third kappa shape index (κ3) is 2.83. The topological polar surface area (TPSA) is 68.2 Å². The molecule has 0 aliphatic heterocycles. The molecule has 4 aromatic rings. The Kier molecular flexibility index (Phi) is 3.67. The number of rotatable bonds is 4. The third-order valence-electron chi connectivity index (χ3n) is 4.02. The minimum Gasteiger partial charge on any atom is -0.457 e. The van der Waals surface area contributed by atoms with E-state index in [0.717, 1.165) is 22.2 Å². The average Bonchev–Trinajstić information content (AvgIpc) is 3.05. The van der Waals surface area contributed by atoms with Crippen LogP contribution in [0.4, 0.5) is 5.69 Å². The van der Waals surface area contributed by atoms with Crippen LogP contribution in [-0.2, 0) is 0 Å². The Bertz CT molecular complexity index is 1050. The lowest BCUT2D eigenvalue weighted by Gasteiger charge is -2.06. The van der Waals surface area contributed by atoms with Gasteiger partial charge in [0.1, 0.15) is 11.5 Å². The molecule has 0 bridgehead atoms. The van der Waals surface area contributed by atoms with Gasteiger partial charge in [-0.1, -0.05) is 30.3 Å². The molecule has 5 nitrogen and oxygen atoms in total. The van der Waals surface area contributed by atoms with Crippen LogP contribution in [0.1, 0.15) is 0 Å². The molecule has 0 saturated heterocycles. The number of nitrogens with zero attached hydrogens (tertiary/aromatic N) is 1. The fourth-order valence-corrected chi connectivity index (χ4v) is 2.88. The molecule has 0 spiro atoms. The molecule has 0 unspecified atom stereocenters. The first kappa shape index (κ1) is 15.0. The zero-order chi connectivity index (χ0) is 17.2. The summed E-state index contributed by atoms with van der Waals surface area (Å²) in [6.07, 6.45) is 1.79. The maximum Gasteiger partial charge on any atom is 0.277 e. The van der Waals surface area contributed by atoms with Crippen LogP contribution in [0.15, 0.2) is 79.0 Å². The number of nitro benzene ring substituents is 1. The number of aromatic nitrogens is 1. The molecule has 0 amide bonds. The predicted molar refractivity (Wildman–Crippen MR) is 96.9 cm³/mol. The van der Waals surface area contributed by atoms with Crippen LogP contribution in [0.3, 0.4) is 0 Å². The van der Waals surface area contributed by atoms with Crippen molar-refractivity contribution in [2.75, 3.05) is 0 Å². The molecular weight excluding hydrogens is 316 g/mol. The highest BCUT2D eigenvalue weighted by molar-refractivity contribution is 5.98. The molecule has 0 aliphatic rings. The molecule has 5 heteroatoms. The van der Waals surface area contributed by atoms with E-state index in [4.69, 9.17) is 4.74 Å². The number of hydrogen-bond donors (Lipinski definition) is 1. The van der Waals surface area contributed by atoms with Gasteiger partial charge in [-0.2, -0.15) is 0 Å². The van der Waals surface area contributed by atoms with Gasteiger partial charge in [-0.05, 0) is 30.3 Å². The van der Waals surface area contributed by atoms with Gasteiger partial charge in [-0.3, -0.25) is 10.1 Å². The standard InChI is InChI=1S/C20H14N2O3/c23-22(24)20-9-5-4-8-17(20)18-13-21-19-12-15(10-11-16(18)19)25-14-6-2-1-3-7-14/h1-13,21H. The number of ether oxygens (including phenoxy) is 1. The van der Waals surface area contributed by atoms with Crippen molar-refractivity contribution in [1.82, 2.24) is 4.98 Å². The molecule has 4 rings (SSSR count). The number of fused-ring (bicyclic) bond motifs is 1. The van der Waals surface area contributed by atoms with E-state index in [1.165, 1.54) is 6.07 Å². The largest absolute Gasteiger partial charge is 0.457 e. The third-order valence-corrected chi connectivity index (χ3v) is 4.02. The summed E-state index contributed by atoms with van der Waals surface area (Å²) in [5, 5.41) is 12.2. The minimum atomic E-state index is -0.360. The van der Waals surface area contributed by atoms with E-state index in [1.54, 1.807) is 24.4 Å². The summed E-state index contributed by atoms with van der Waals surface area (Å²) in [6, 6.07) is 21.9. The Balaban J connectivity index is 1.75. The molecule has 1 heterocycles. The van der Waals surface area contributed by atoms with Crippen molar-refractivity contribution in [3.8, 4) is 22.6 Å². The van der Waals surface area contributed by atoms with E-state index in [-0.39, 0.29) is 10.6 Å². The molecule has 0 aliphatic carbocycles. The van der Waals surface area contributed by atoms with Gasteiger partial charge in [0.15, 0.2) is 0 Å². The summed E-state index contributed by atoms with van der Waals surface area (Å²) in [7, 11) is 0. The fraction of sp³-hybridized carbons (Fsp3) is 0. The van der Waals surface area contributed by atoms with Gasteiger partial charge in [0.2, 0.25) is 0 Å².